The Labute approximate surface area is 83.6 Å². The van der Waals surface area contributed by atoms with Crippen molar-refractivity contribution in [2.45, 2.75) is 40.0 Å². The summed E-state index contributed by atoms with van der Waals surface area (Å²) in [4.78, 5) is 32.5. The number of rotatable bonds is 5. The van der Waals surface area contributed by atoms with Crippen LogP contribution in [0.15, 0.2) is 0 Å². The van der Waals surface area contributed by atoms with Gasteiger partial charge in [0.05, 0.1) is 6.42 Å². The first-order valence-electron chi connectivity index (χ1n) is 4.69. The lowest BCUT2D eigenvalue weighted by molar-refractivity contribution is -0.159. The number of hydrogen-bond acceptors (Lipinski definition) is 4. The molecule has 0 spiro atoms. The van der Waals surface area contributed by atoms with Gasteiger partial charge in [-0.3, -0.25) is 14.4 Å². The smallest absolute Gasteiger partial charge is 0.314 e. The van der Waals surface area contributed by atoms with E-state index in [0.717, 1.165) is 6.42 Å². The van der Waals surface area contributed by atoms with E-state index in [2.05, 4.69) is 4.74 Å². The fraction of sp³-hybridized carbons (Fsp3) is 0.700. The fourth-order valence-corrected chi connectivity index (χ4v) is 1.20. The Morgan fingerprint density at radius 1 is 1.21 bits per heavy atom. The van der Waals surface area contributed by atoms with Crippen LogP contribution in [0.4, 0.5) is 0 Å². The van der Waals surface area contributed by atoms with E-state index < -0.39 is 11.9 Å². The van der Waals surface area contributed by atoms with Gasteiger partial charge in [-0.25, -0.2) is 0 Å². The monoisotopic (exact) mass is 200 g/mol. The van der Waals surface area contributed by atoms with E-state index in [4.69, 9.17) is 0 Å². The minimum atomic E-state index is -0.631. The molecule has 0 aromatic rings. The number of ketones is 1. The molecule has 4 nitrogen and oxygen atoms in total. The molecule has 0 aliphatic carbocycles. The molecular weight excluding hydrogens is 184 g/mol. The average Bonchev–Trinajstić information content (AvgIpc) is 2.01. The minimum Gasteiger partial charge on any atom is -0.393 e. The molecule has 0 radical (unpaired) electrons. The maximum Gasteiger partial charge on any atom is 0.314 e. The fourth-order valence-electron chi connectivity index (χ4n) is 1.20. The normalized spacial score (nSPS) is 11.9. The first kappa shape index (κ1) is 12.8. The highest BCUT2D eigenvalue weighted by Crippen LogP contribution is 2.13. The summed E-state index contributed by atoms with van der Waals surface area (Å²) in [6.07, 6.45) is 1.49. The third-order valence-electron chi connectivity index (χ3n) is 1.88. The Balaban J connectivity index is 4.09. The van der Waals surface area contributed by atoms with Crippen molar-refractivity contribution < 1.29 is 19.1 Å². The summed E-state index contributed by atoms with van der Waals surface area (Å²) in [6, 6.07) is 0. The molecule has 4 heteroatoms. The van der Waals surface area contributed by atoms with Crippen LogP contribution in [0.1, 0.15) is 40.0 Å². The van der Waals surface area contributed by atoms with Gasteiger partial charge in [-0.2, -0.15) is 0 Å². The molecule has 0 aromatic carbocycles. The lowest BCUT2D eigenvalue weighted by Gasteiger charge is -2.10. The first-order valence-corrected chi connectivity index (χ1v) is 4.69. The van der Waals surface area contributed by atoms with Crippen LogP contribution in [0.25, 0.3) is 0 Å². The van der Waals surface area contributed by atoms with Crippen molar-refractivity contribution in [1.82, 2.24) is 0 Å². The molecule has 0 saturated heterocycles. The van der Waals surface area contributed by atoms with E-state index in [0.29, 0.717) is 6.42 Å². The summed E-state index contributed by atoms with van der Waals surface area (Å²) in [6.45, 7) is 4.55. The van der Waals surface area contributed by atoms with Gasteiger partial charge in [0.25, 0.3) is 0 Å². The second-order valence-corrected chi connectivity index (χ2v) is 3.27. The Hall–Kier alpha value is -1.19. The Morgan fingerprint density at radius 2 is 1.79 bits per heavy atom. The maximum absolute atomic E-state index is 11.1. The second-order valence-electron chi connectivity index (χ2n) is 3.27. The van der Waals surface area contributed by atoms with Crippen LogP contribution in [0, 0.1) is 5.92 Å². The van der Waals surface area contributed by atoms with E-state index in [1.807, 2.05) is 6.92 Å². The van der Waals surface area contributed by atoms with Crippen molar-refractivity contribution in [3.63, 3.8) is 0 Å². The standard InChI is InChI=1S/C10H16O4/c1-4-5-9(7(2)11)6-10(13)14-8(3)12/h9H,4-6H2,1-3H3. The van der Waals surface area contributed by atoms with Crippen molar-refractivity contribution in [1.29, 1.82) is 0 Å². The molecule has 0 amide bonds. The zero-order chi connectivity index (χ0) is 11.1. The van der Waals surface area contributed by atoms with Gasteiger partial charge in [-0.1, -0.05) is 13.3 Å². The summed E-state index contributed by atoms with van der Waals surface area (Å²) in [7, 11) is 0. The highest BCUT2D eigenvalue weighted by Gasteiger charge is 2.19. The number of carbonyl (C=O) groups excluding carboxylic acids is 3. The molecule has 0 aromatic heterocycles. The molecule has 0 saturated carbocycles. The quantitative estimate of drug-likeness (QED) is 0.498. The van der Waals surface area contributed by atoms with Crippen molar-refractivity contribution in [3.8, 4) is 0 Å². The van der Waals surface area contributed by atoms with Crippen LogP contribution < -0.4 is 0 Å². The number of carbonyl (C=O) groups is 3. The topological polar surface area (TPSA) is 60.4 Å². The Morgan fingerprint density at radius 3 is 2.14 bits per heavy atom. The van der Waals surface area contributed by atoms with E-state index in [1.54, 1.807) is 0 Å². The first-order chi connectivity index (χ1) is 6.47. The van der Waals surface area contributed by atoms with Gasteiger partial charge < -0.3 is 4.74 Å². The summed E-state index contributed by atoms with van der Waals surface area (Å²) < 4.78 is 4.35. The lowest BCUT2D eigenvalue weighted by atomic mass is 9.96. The van der Waals surface area contributed by atoms with Crippen molar-refractivity contribution >= 4 is 17.7 Å². The van der Waals surface area contributed by atoms with Gasteiger partial charge in [-0.15, -0.1) is 0 Å². The SMILES string of the molecule is CCCC(CC(=O)OC(C)=O)C(C)=O. The van der Waals surface area contributed by atoms with Gasteiger partial charge >= 0.3 is 11.9 Å². The highest BCUT2D eigenvalue weighted by molar-refractivity contribution is 5.88. The molecule has 14 heavy (non-hydrogen) atoms. The molecule has 0 bridgehead atoms. The molecule has 1 unspecified atom stereocenters. The Bertz CT molecular complexity index is 232. The van der Waals surface area contributed by atoms with Crippen LogP contribution in [-0.2, 0) is 19.1 Å². The number of Topliss-reactive ketones (excluding diaryl/α,β-unsaturated/α-hetero) is 1. The van der Waals surface area contributed by atoms with Crippen LogP contribution in [0.3, 0.4) is 0 Å². The van der Waals surface area contributed by atoms with E-state index in [-0.39, 0.29) is 18.1 Å². The maximum atomic E-state index is 11.1. The van der Waals surface area contributed by atoms with Gasteiger partial charge in [-0.05, 0) is 13.3 Å². The van der Waals surface area contributed by atoms with Crippen LogP contribution in [0.5, 0.6) is 0 Å². The van der Waals surface area contributed by atoms with Gasteiger partial charge in [0, 0.05) is 12.8 Å². The predicted molar refractivity (Wildman–Crippen MR) is 50.5 cm³/mol. The van der Waals surface area contributed by atoms with Gasteiger partial charge in [0.15, 0.2) is 0 Å². The lowest BCUT2D eigenvalue weighted by Crippen LogP contribution is -2.19. The molecule has 0 aliphatic heterocycles. The van der Waals surface area contributed by atoms with Crippen LogP contribution >= 0.6 is 0 Å². The van der Waals surface area contributed by atoms with Crippen LogP contribution in [-0.4, -0.2) is 17.7 Å². The van der Waals surface area contributed by atoms with Gasteiger partial charge in [0.2, 0.25) is 0 Å². The molecule has 0 fully saturated rings. The summed E-state index contributed by atoms with van der Waals surface area (Å²) in [5, 5.41) is 0. The Kier molecular flexibility index (Phi) is 5.76. The molecule has 0 aliphatic rings. The largest absolute Gasteiger partial charge is 0.393 e. The summed E-state index contributed by atoms with van der Waals surface area (Å²) >= 11 is 0. The van der Waals surface area contributed by atoms with Crippen LogP contribution in [0.2, 0.25) is 0 Å². The molecular formula is C10H16O4. The third kappa shape index (κ3) is 5.45. The van der Waals surface area contributed by atoms with Gasteiger partial charge in [0.1, 0.15) is 5.78 Å². The number of hydrogen-bond donors (Lipinski definition) is 0. The zero-order valence-corrected chi connectivity index (χ0v) is 8.83. The summed E-state index contributed by atoms with van der Waals surface area (Å²) in [5.74, 6) is -1.60. The van der Waals surface area contributed by atoms with E-state index in [1.165, 1.54) is 13.8 Å². The number of ether oxygens (including phenoxy) is 1. The molecule has 80 valence electrons. The highest BCUT2D eigenvalue weighted by atomic mass is 16.6. The van der Waals surface area contributed by atoms with Crippen molar-refractivity contribution in [2.75, 3.05) is 0 Å². The number of esters is 2. The second kappa shape index (κ2) is 6.29. The zero-order valence-electron chi connectivity index (χ0n) is 8.83. The third-order valence-corrected chi connectivity index (χ3v) is 1.88. The van der Waals surface area contributed by atoms with Crippen molar-refractivity contribution in [3.05, 3.63) is 0 Å². The molecule has 0 N–H and O–H groups in total. The van der Waals surface area contributed by atoms with E-state index >= 15 is 0 Å². The minimum absolute atomic E-state index is 0.00273. The summed E-state index contributed by atoms with van der Waals surface area (Å²) in [5.41, 5.74) is 0. The van der Waals surface area contributed by atoms with E-state index in [9.17, 15) is 14.4 Å². The molecule has 0 heterocycles. The molecule has 1 atom stereocenters. The predicted octanol–water partition coefficient (Wildman–Crippen LogP) is 1.47. The average molecular weight is 200 g/mol. The molecule has 0 rings (SSSR count). The van der Waals surface area contributed by atoms with Crippen molar-refractivity contribution in [2.24, 2.45) is 5.92 Å².